The zero-order valence-corrected chi connectivity index (χ0v) is 8.03. The predicted octanol–water partition coefficient (Wildman–Crippen LogP) is 2.55. The SMILES string of the molecule is C=CCc1cc(O)c(O)cc1CC=C. The van der Waals surface area contributed by atoms with Crippen LogP contribution in [0.15, 0.2) is 37.4 Å². The van der Waals surface area contributed by atoms with Gasteiger partial charge in [-0.25, -0.2) is 0 Å². The maximum atomic E-state index is 9.31. The van der Waals surface area contributed by atoms with Crippen LogP contribution in [0.3, 0.4) is 0 Å². The van der Waals surface area contributed by atoms with Crippen LogP contribution in [-0.2, 0) is 12.8 Å². The monoisotopic (exact) mass is 190 g/mol. The fourth-order valence-corrected chi connectivity index (χ4v) is 1.35. The molecule has 14 heavy (non-hydrogen) atoms. The third-order valence-electron chi connectivity index (χ3n) is 2.03. The maximum absolute atomic E-state index is 9.31. The summed E-state index contributed by atoms with van der Waals surface area (Å²) in [6, 6.07) is 3.13. The van der Waals surface area contributed by atoms with Crippen LogP contribution in [0.4, 0.5) is 0 Å². The Morgan fingerprint density at radius 3 is 1.57 bits per heavy atom. The minimum atomic E-state index is -0.0883. The Hall–Kier alpha value is -1.70. The van der Waals surface area contributed by atoms with Crippen molar-refractivity contribution >= 4 is 0 Å². The molecule has 0 heterocycles. The zero-order valence-electron chi connectivity index (χ0n) is 8.03. The van der Waals surface area contributed by atoms with Crippen LogP contribution in [-0.4, -0.2) is 10.2 Å². The Kier molecular flexibility index (Phi) is 3.35. The standard InChI is InChI=1S/C12H14O2/c1-3-5-9-7-11(13)12(14)8-10(9)6-4-2/h3-4,7-8,13-14H,1-2,5-6H2. The van der Waals surface area contributed by atoms with Gasteiger partial charge in [-0.3, -0.25) is 0 Å². The van der Waals surface area contributed by atoms with Gasteiger partial charge >= 0.3 is 0 Å². The van der Waals surface area contributed by atoms with Crippen LogP contribution in [0.5, 0.6) is 11.5 Å². The average molecular weight is 190 g/mol. The van der Waals surface area contributed by atoms with Crippen LogP contribution < -0.4 is 0 Å². The number of phenolic OH excluding ortho intramolecular Hbond substituents is 2. The quantitative estimate of drug-likeness (QED) is 0.566. The minimum absolute atomic E-state index is 0.0883. The molecule has 0 amide bonds. The highest BCUT2D eigenvalue weighted by atomic mass is 16.3. The fraction of sp³-hybridized carbons (Fsp3) is 0.167. The Bertz CT molecular complexity index is 319. The van der Waals surface area contributed by atoms with Crippen molar-refractivity contribution < 1.29 is 10.2 Å². The first-order chi connectivity index (χ1) is 6.69. The van der Waals surface area contributed by atoms with Gasteiger partial charge in [-0.15, -0.1) is 13.2 Å². The van der Waals surface area contributed by atoms with Crippen molar-refractivity contribution in [3.8, 4) is 11.5 Å². The van der Waals surface area contributed by atoms with Crippen molar-refractivity contribution in [3.63, 3.8) is 0 Å². The Morgan fingerprint density at radius 1 is 0.929 bits per heavy atom. The molecule has 0 aromatic heterocycles. The summed E-state index contributed by atoms with van der Waals surface area (Å²) in [4.78, 5) is 0. The van der Waals surface area contributed by atoms with Gasteiger partial charge in [0.25, 0.3) is 0 Å². The smallest absolute Gasteiger partial charge is 0.157 e. The highest BCUT2D eigenvalue weighted by molar-refractivity contribution is 5.46. The second-order valence-electron chi connectivity index (χ2n) is 3.10. The van der Waals surface area contributed by atoms with E-state index in [0.29, 0.717) is 12.8 Å². The largest absolute Gasteiger partial charge is 0.504 e. The molecule has 2 heteroatoms. The molecule has 0 spiro atoms. The number of phenols is 2. The van der Waals surface area contributed by atoms with Gasteiger partial charge in [0.1, 0.15) is 0 Å². The van der Waals surface area contributed by atoms with Gasteiger partial charge in [0.2, 0.25) is 0 Å². The highest BCUT2D eigenvalue weighted by Gasteiger charge is 2.06. The second-order valence-corrected chi connectivity index (χ2v) is 3.10. The van der Waals surface area contributed by atoms with E-state index in [-0.39, 0.29) is 11.5 Å². The number of hydrogen-bond donors (Lipinski definition) is 2. The lowest BCUT2D eigenvalue weighted by atomic mass is 10.0. The van der Waals surface area contributed by atoms with Gasteiger partial charge in [-0.2, -0.15) is 0 Å². The lowest BCUT2D eigenvalue weighted by molar-refractivity contribution is 0.402. The van der Waals surface area contributed by atoms with Crippen molar-refractivity contribution in [1.29, 1.82) is 0 Å². The van der Waals surface area contributed by atoms with Crippen LogP contribution in [0.2, 0.25) is 0 Å². The summed E-state index contributed by atoms with van der Waals surface area (Å²) in [5, 5.41) is 18.6. The Labute approximate surface area is 83.8 Å². The van der Waals surface area contributed by atoms with E-state index in [9.17, 15) is 10.2 Å². The summed E-state index contributed by atoms with van der Waals surface area (Å²) < 4.78 is 0. The fourth-order valence-electron chi connectivity index (χ4n) is 1.35. The summed E-state index contributed by atoms with van der Waals surface area (Å²) in [5.74, 6) is -0.177. The number of aromatic hydroxyl groups is 2. The third-order valence-corrected chi connectivity index (χ3v) is 2.03. The first-order valence-corrected chi connectivity index (χ1v) is 4.44. The van der Waals surface area contributed by atoms with Crippen LogP contribution in [0, 0.1) is 0 Å². The summed E-state index contributed by atoms with van der Waals surface area (Å²) in [7, 11) is 0. The number of allylic oxidation sites excluding steroid dienone is 2. The van der Waals surface area contributed by atoms with Gasteiger partial charge in [-0.05, 0) is 36.1 Å². The molecule has 1 rings (SSSR count). The molecule has 0 fully saturated rings. The topological polar surface area (TPSA) is 40.5 Å². The normalized spacial score (nSPS) is 9.71. The molecule has 74 valence electrons. The molecule has 1 aromatic rings. The van der Waals surface area contributed by atoms with Crippen molar-refractivity contribution in [3.05, 3.63) is 48.6 Å². The van der Waals surface area contributed by atoms with E-state index in [0.717, 1.165) is 11.1 Å². The summed E-state index contributed by atoms with van der Waals surface area (Å²) in [6.07, 6.45) is 4.88. The summed E-state index contributed by atoms with van der Waals surface area (Å²) >= 11 is 0. The van der Waals surface area contributed by atoms with E-state index in [4.69, 9.17) is 0 Å². The Balaban J connectivity index is 3.15. The molecule has 0 atom stereocenters. The van der Waals surface area contributed by atoms with Crippen LogP contribution >= 0.6 is 0 Å². The minimum Gasteiger partial charge on any atom is -0.504 e. The van der Waals surface area contributed by atoms with Crippen molar-refractivity contribution in [2.24, 2.45) is 0 Å². The number of hydrogen-bond acceptors (Lipinski definition) is 2. The van der Waals surface area contributed by atoms with Gasteiger partial charge in [0.05, 0.1) is 0 Å². The van der Waals surface area contributed by atoms with Crippen molar-refractivity contribution in [1.82, 2.24) is 0 Å². The van der Waals surface area contributed by atoms with Gasteiger partial charge < -0.3 is 10.2 Å². The van der Waals surface area contributed by atoms with E-state index in [1.165, 1.54) is 0 Å². The molecule has 1 aromatic carbocycles. The molecule has 0 aliphatic carbocycles. The van der Waals surface area contributed by atoms with E-state index >= 15 is 0 Å². The zero-order chi connectivity index (χ0) is 10.6. The molecular weight excluding hydrogens is 176 g/mol. The molecule has 2 nitrogen and oxygen atoms in total. The first-order valence-electron chi connectivity index (χ1n) is 4.44. The molecule has 0 unspecified atom stereocenters. The van der Waals surface area contributed by atoms with Crippen LogP contribution in [0.1, 0.15) is 11.1 Å². The molecule has 0 radical (unpaired) electrons. The van der Waals surface area contributed by atoms with Crippen LogP contribution in [0.25, 0.3) is 0 Å². The van der Waals surface area contributed by atoms with E-state index in [1.54, 1.807) is 24.3 Å². The number of benzene rings is 1. The number of rotatable bonds is 4. The molecule has 0 saturated carbocycles. The molecule has 0 aliphatic rings. The summed E-state index contributed by atoms with van der Waals surface area (Å²) in [6.45, 7) is 7.28. The maximum Gasteiger partial charge on any atom is 0.157 e. The lowest BCUT2D eigenvalue weighted by Crippen LogP contribution is -1.91. The molecule has 0 bridgehead atoms. The average Bonchev–Trinajstić information content (AvgIpc) is 2.14. The van der Waals surface area contributed by atoms with E-state index in [1.807, 2.05) is 0 Å². The molecule has 2 N–H and O–H groups in total. The van der Waals surface area contributed by atoms with Gasteiger partial charge in [0.15, 0.2) is 11.5 Å². The highest BCUT2D eigenvalue weighted by Crippen LogP contribution is 2.29. The van der Waals surface area contributed by atoms with E-state index < -0.39 is 0 Å². The van der Waals surface area contributed by atoms with E-state index in [2.05, 4.69) is 13.2 Å². The predicted molar refractivity (Wildman–Crippen MR) is 57.6 cm³/mol. The third kappa shape index (κ3) is 2.16. The van der Waals surface area contributed by atoms with Crippen molar-refractivity contribution in [2.75, 3.05) is 0 Å². The molecular formula is C12H14O2. The first kappa shape index (κ1) is 10.4. The second kappa shape index (κ2) is 4.51. The van der Waals surface area contributed by atoms with Gasteiger partial charge in [-0.1, -0.05) is 12.2 Å². The van der Waals surface area contributed by atoms with Gasteiger partial charge in [0, 0.05) is 0 Å². The Morgan fingerprint density at radius 2 is 1.29 bits per heavy atom. The molecule has 0 saturated heterocycles. The molecule has 0 aliphatic heterocycles. The van der Waals surface area contributed by atoms with Crippen molar-refractivity contribution in [2.45, 2.75) is 12.8 Å². The lowest BCUT2D eigenvalue weighted by Gasteiger charge is -2.07. The summed E-state index contributed by atoms with van der Waals surface area (Å²) in [5.41, 5.74) is 1.94.